The number of allylic oxidation sites excluding steroid dienone is 1. The van der Waals surface area contributed by atoms with Crippen LogP contribution < -0.4 is 5.32 Å². The van der Waals surface area contributed by atoms with E-state index in [1.54, 1.807) is 24.3 Å². The first-order valence-corrected chi connectivity index (χ1v) is 10.3. The molecule has 8 heteroatoms. The minimum atomic E-state index is -3.16. The van der Waals surface area contributed by atoms with Gasteiger partial charge in [0.25, 0.3) is 0 Å². The summed E-state index contributed by atoms with van der Waals surface area (Å²) in [6.45, 7) is 1.81. The number of aryl methyl sites for hydroxylation is 1. The van der Waals surface area contributed by atoms with E-state index >= 15 is 0 Å². The number of benzene rings is 1. The average molecular weight is 380 g/mol. The molecule has 0 bridgehead atoms. The van der Waals surface area contributed by atoms with Gasteiger partial charge in [-0.15, -0.1) is 11.3 Å². The van der Waals surface area contributed by atoms with E-state index in [-0.39, 0.29) is 29.8 Å². The van der Waals surface area contributed by atoms with E-state index in [1.165, 1.54) is 17.4 Å². The molecule has 0 fully saturated rings. The fraction of sp³-hybridized carbons (Fsp3) is 0.294. The van der Waals surface area contributed by atoms with Crippen molar-refractivity contribution in [3.63, 3.8) is 0 Å². The number of nitrogens with one attached hydrogen (secondary N) is 1. The van der Waals surface area contributed by atoms with E-state index < -0.39 is 9.84 Å². The zero-order valence-electron chi connectivity index (χ0n) is 13.5. The summed E-state index contributed by atoms with van der Waals surface area (Å²) in [5.74, 6) is -0.882. The van der Waals surface area contributed by atoms with Crippen LogP contribution in [0.3, 0.4) is 0 Å². The van der Waals surface area contributed by atoms with Crippen LogP contribution in [0.5, 0.6) is 0 Å². The molecule has 5 nitrogen and oxygen atoms in total. The van der Waals surface area contributed by atoms with E-state index in [0.717, 1.165) is 16.0 Å². The van der Waals surface area contributed by atoms with Crippen LogP contribution in [0.1, 0.15) is 22.6 Å². The molecule has 1 N–H and O–H groups in total. The molecule has 0 spiro atoms. The predicted molar refractivity (Wildman–Crippen MR) is 95.7 cm³/mol. The molecule has 1 atom stereocenters. The molecule has 0 radical (unpaired) electrons. The summed E-state index contributed by atoms with van der Waals surface area (Å²) in [6, 6.07) is 6.56. The zero-order valence-corrected chi connectivity index (χ0v) is 15.2. The van der Waals surface area contributed by atoms with Gasteiger partial charge in [-0.05, 0) is 18.6 Å². The number of hydrogen-bond acceptors (Lipinski definition) is 5. The SMILES string of the molecule is Cc1nc(NC(=O)C[C@H]2C=CS(=O)(=O)C2)sc1Cc1ccccc1F. The number of amides is 1. The fourth-order valence-electron chi connectivity index (χ4n) is 2.64. The Morgan fingerprint density at radius 2 is 2.16 bits per heavy atom. The minimum Gasteiger partial charge on any atom is -0.302 e. The van der Waals surface area contributed by atoms with E-state index in [4.69, 9.17) is 0 Å². The van der Waals surface area contributed by atoms with Crippen LogP contribution in [0.15, 0.2) is 35.7 Å². The minimum absolute atomic E-state index is 0.0319. The van der Waals surface area contributed by atoms with Crippen LogP contribution in [0.2, 0.25) is 0 Å². The number of aromatic nitrogens is 1. The summed E-state index contributed by atoms with van der Waals surface area (Å²) < 4.78 is 36.5. The molecular formula is C17H17FN2O3S2. The molecule has 0 aliphatic carbocycles. The standard InChI is InChI=1S/C17H17FN2O3S2/c1-11-15(9-13-4-2-3-5-14(13)18)24-17(19-11)20-16(21)8-12-6-7-25(22,23)10-12/h2-7,12H,8-10H2,1H3,(H,19,20,21)/t12-/m1/s1. The molecule has 25 heavy (non-hydrogen) atoms. The Balaban J connectivity index is 1.63. The van der Waals surface area contributed by atoms with Gasteiger partial charge in [-0.1, -0.05) is 24.3 Å². The molecule has 3 rings (SSSR count). The third kappa shape index (κ3) is 4.52. The van der Waals surface area contributed by atoms with Gasteiger partial charge in [0, 0.05) is 29.0 Å². The average Bonchev–Trinajstić information content (AvgIpc) is 3.03. The molecule has 1 aliphatic heterocycles. The summed E-state index contributed by atoms with van der Waals surface area (Å²) in [6.07, 6.45) is 2.05. The van der Waals surface area contributed by atoms with E-state index in [2.05, 4.69) is 10.3 Å². The molecule has 1 aromatic heterocycles. The number of nitrogens with zero attached hydrogens (tertiary/aromatic N) is 1. The van der Waals surface area contributed by atoms with E-state index in [1.807, 2.05) is 6.92 Å². The van der Waals surface area contributed by atoms with Crippen LogP contribution >= 0.6 is 11.3 Å². The van der Waals surface area contributed by atoms with Crippen LogP contribution in [0.4, 0.5) is 9.52 Å². The number of hydrogen-bond donors (Lipinski definition) is 1. The first-order chi connectivity index (χ1) is 11.8. The highest BCUT2D eigenvalue weighted by molar-refractivity contribution is 7.94. The first kappa shape index (κ1) is 17.8. The van der Waals surface area contributed by atoms with Crippen molar-refractivity contribution in [1.29, 1.82) is 0 Å². The summed E-state index contributed by atoms with van der Waals surface area (Å²) in [5.41, 5.74) is 1.32. The van der Waals surface area contributed by atoms with Gasteiger partial charge >= 0.3 is 0 Å². The summed E-state index contributed by atoms with van der Waals surface area (Å²) >= 11 is 1.30. The van der Waals surface area contributed by atoms with Crippen molar-refractivity contribution in [2.45, 2.75) is 19.8 Å². The lowest BCUT2D eigenvalue weighted by atomic mass is 10.1. The molecule has 0 saturated heterocycles. The second kappa shape index (κ2) is 7.05. The van der Waals surface area contributed by atoms with Crippen molar-refractivity contribution in [1.82, 2.24) is 4.98 Å². The smallest absolute Gasteiger partial charge is 0.226 e. The normalized spacial score (nSPS) is 18.4. The summed E-state index contributed by atoms with van der Waals surface area (Å²) in [4.78, 5) is 17.3. The van der Waals surface area contributed by atoms with Gasteiger partial charge in [-0.3, -0.25) is 4.79 Å². The van der Waals surface area contributed by atoms with Crippen molar-refractivity contribution < 1.29 is 17.6 Å². The highest BCUT2D eigenvalue weighted by Crippen LogP contribution is 2.27. The van der Waals surface area contributed by atoms with E-state index in [0.29, 0.717) is 17.1 Å². The van der Waals surface area contributed by atoms with Crippen molar-refractivity contribution in [2.24, 2.45) is 5.92 Å². The van der Waals surface area contributed by atoms with Gasteiger partial charge in [-0.25, -0.2) is 17.8 Å². The largest absolute Gasteiger partial charge is 0.302 e. The van der Waals surface area contributed by atoms with Gasteiger partial charge in [0.2, 0.25) is 5.91 Å². The van der Waals surface area contributed by atoms with Crippen LogP contribution in [-0.2, 0) is 21.1 Å². The number of halogens is 1. The molecule has 2 aromatic rings. The van der Waals surface area contributed by atoms with Gasteiger partial charge < -0.3 is 5.32 Å². The Morgan fingerprint density at radius 3 is 2.84 bits per heavy atom. The Hall–Kier alpha value is -2.06. The molecular weight excluding hydrogens is 363 g/mol. The van der Waals surface area contributed by atoms with Crippen molar-refractivity contribution in [3.8, 4) is 0 Å². The van der Waals surface area contributed by atoms with Crippen molar-refractivity contribution >= 4 is 32.2 Å². The maximum absolute atomic E-state index is 13.8. The molecule has 2 heterocycles. The monoisotopic (exact) mass is 380 g/mol. The number of anilines is 1. The molecule has 1 amide bonds. The highest BCUT2D eigenvalue weighted by Gasteiger charge is 2.24. The molecule has 0 saturated carbocycles. The molecule has 1 aliphatic rings. The van der Waals surface area contributed by atoms with Crippen LogP contribution in [-0.4, -0.2) is 25.1 Å². The highest BCUT2D eigenvalue weighted by atomic mass is 32.2. The number of thiazole rings is 1. The number of sulfone groups is 1. The van der Waals surface area contributed by atoms with Crippen molar-refractivity contribution in [2.75, 3.05) is 11.1 Å². The lowest BCUT2D eigenvalue weighted by Crippen LogP contribution is -2.17. The number of carbonyl (C=O) groups is 1. The maximum atomic E-state index is 13.8. The van der Waals surface area contributed by atoms with Gasteiger partial charge in [0.1, 0.15) is 5.82 Å². The van der Waals surface area contributed by atoms with Gasteiger partial charge in [0.05, 0.1) is 11.4 Å². The maximum Gasteiger partial charge on any atom is 0.226 e. The number of rotatable bonds is 5. The van der Waals surface area contributed by atoms with E-state index in [9.17, 15) is 17.6 Å². The lowest BCUT2D eigenvalue weighted by molar-refractivity contribution is -0.116. The number of carbonyl (C=O) groups excluding carboxylic acids is 1. The molecule has 132 valence electrons. The summed E-state index contributed by atoms with van der Waals surface area (Å²) in [5, 5.41) is 4.30. The Bertz CT molecular complexity index is 935. The summed E-state index contributed by atoms with van der Waals surface area (Å²) in [7, 11) is -3.16. The van der Waals surface area contributed by atoms with Crippen LogP contribution in [0, 0.1) is 18.7 Å². The second-order valence-electron chi connectivity index (χ2n) is 5.97. The first-order valence-electron chi connectivity index (χ1n) is 7.73. The van der Waals surface area contributed by atoms with Crippen LogP contribution in [0.25, 0.3) is 0 Å². The van der Waals surface area contributed by atoms with Crippen molar-refractivity contribution in [3.05, 3.63) is 57.7 Å². The predicted octanol–water partition coefficient (Wildman–Crippen LogP) is 3.07. The fourth-order valence-corrected chi connectivity index (χ4v) is 5.04. The molecule has 0 unspecified atom stereocenters. The third-order valence-corrected chi connectivity index (χ3v) is 6.44. The Labute approximate surface area is 149 Å². The third-order valence-electron chi connectivity index (χ3n) is 3.90. The van der Waals surface area contributed by atoms with Gasteiger partial charge in [0.15, 0.2) is 15.0 Å². The second-order valence-corrected chi connectivity index (χ2v) is 8.98. The Morgan fingerprint density at radius 1 is 1.40 bits per heavy atom. The zero-order chi connectivity index (χ0) is 18.0. The lowest BCUT2D eigenvalue weighted by Gasteiger charge is -2.05. The quantitative estimate of drug-likeness (QED) is 0.865. The topological polar surface area (TPSA) is 76.1 Å². The molecule has 1 aromatic carbocycles. The van der Waals surface area contributed by atoms with Gasteiger partial charge in [-0.2, -0.15) is 0 Å². The Kier molecular flexibility index (Phi) is 5.01.